The zero-order chi connectivity index (χ0) is 19.4. The molecule has 2 aromatic rings. The van der Waals surface area contributed by atoms with E-state index in [1.807, 2.05) is 24.3 Å². The zero-order valence-electron chi connectivity index (χ0n) is 15.8. The molecule has 27 heavy (non-hydrogen) atoms. The van der Waals surface area contributed by atoms with Crippen molar-refractivity contribution in [1.82, 2.24) is 0 Å². The maximum atomic E-state index is 12.7. The lowest BCUT2D eigenvalue weighted by Gasteiger charge is -2.17. The van der Waals surface area contributed by atoms with Gasteiger partial charge in [0.15, 0.2) is 11.5 Å². The maximum Gasteiger partial charge on any atom is 0.229 e. The van der Waals surface area contributed by atoms with Crippen LogP contribution in [0.5, 0.6) is 11.5 Å². The van der Waals surface area contributed by atoms with Crippen LogP contribution in [0.2, 0.25) is 0 Å². The first-order valence-electron chi connectivity index (χ1n) is 8.98. The molecule has 3 rings (SSSR count). The topological polar surface area (TPSA) is 67.9 Å². The number of carbonyl (C=O) groups is 2. The van der Waals surface area contributed by atoms with E-state index in [1.165, 1.54) is 5.56 Å². The highest BCUT2D eigenvalue weighted by molar-refractivity contribution is 6.03. The van der Waals surface area contributed by atoms with Gasteiger partial charge in [-0.15, -0.1) is 0 Å². The van der Waals surface area contributed by atoms with Crippen LogP contribution in [0.25, 0.3) is 0 Å². The summed E-state index contributed by atoms with van der Waals surface area (Å²) in [6.45, 7) is 2.45. The molecule has 1 atom stereocenters. The van der Waals surface area contributed by atoms with E-state index in [2.05, 4.69) is 12.2 Å². The number of hydrogen-bond acceptors (Lipinski definition) is 4. The minimum Gasteiger partial charge on any atom is -0.493 e. The summed E-state index contributed by atoms with van der Waals surface area (Å²) in [6.07, 6.45) is 1.11. The Labute approximate surface area is 159 Å². The van der Waals surface area contributed by atoms with Crippen molar-refractivity contribution in [3.8, 4) is 11.5 Å². The number of rotatable bonds is 6. The third-order valence-electron chi connectivity index (χ3n) is 4.78. The number of nitrogens with zero attached hydrogens (tertiary/aromatic N) is 1. The summed E-state index contributed by atoms with van der Waals surface area (Å²) < 4.78 is 10.5. The first-order chi connectivity index (χ1) is 13.0. The first-order valence-corrected chi connectivity index (χ1v) is 8.98. The summed E-state index contributed by atoms with van der Waals surface area (Å²) in [5.74, 6) is 0.528. The highest BCUT2D eigenvalue weighted by Gasteiger charge is 2.35. The van der Waals surface area contributed by atoms with Gasteiger partial charge in [0, 0.05) is 30.4 Å². The number of amides is 2. The van der Waals surface area contributed by atoms with Crippen molar-refractivity contribution >= 4 is 23.2 Å². The van der Waals surface area contributed by atoms with E-state index in [9.17, 15) is 9.59 Å². The summed E-state index contributed by atoms with van der Waals surface area (Å²) >= 11 is 0. The van der Waals surface area contributed by atoms with Gasteiger partial charge in [0.2, 0.25) is 11.8 Å². The van der Waals surface area contributed by atoms with Crippen LogP contribution < -0.4 is 19.7 Å². The van der Waals surface area contributed by atoms with E-state index < -0.39 is 5.92 Å². The lowest BCUT2D eigenvalue weighted by atomic mass is 10.1. The average molecular weight is 368 g/mol. The van der Waals surface area contributed by atoms with Crippen LogP contribution in [-0.4, -0.2) is 32.6 Å². The number of nitrogens with one attached hydrogen (secondary N) is 1. The largest absolute Gasteiger partial charge is 0.493 e. The minimum atomic E-state index is -0.393. The third-order valence-corrected chi connectivity index (χ3v) is 4.78. The number of benzene rings is 2. The standard InChI is InChI=1S/C21H24N2O4/c1-4-14-6-5-7-17(10-14)23-13-15(11-20(23)24)21(25)22-16-8-9-18(26-2)19(12-16)27-3/h5-10,12,15H,4,11,13H2,1-3H3,(H,22,25)/t15-/m1/s1. The van der Waals surface area contributed by atoms with Gasteiger partial charge in [0.25, 0.3) is 0 Å². The Kier molecular flexibility index (Phi) is 5.64. The van der Waals surface area contributed by atoms with Gasteiger partial charge in [-0.25, -0.2) is 0 Å². The molecule has 0 radical (unpaired) electrons. The van der Waals surface area contributed by atoms with Crippen molar-refractivity contribution in [3.05, 3.63) is 48.0 Å². The molecule has 0 bridgehead atoms. The van der Waals surface area contributed by atoms with E-state index >= 15 is 0 Å². The molecule has 142 valence electrons. The van der Waals surface area contributed by atoms with Gasteiger partial charge in [0.1, 0.15) is 0 Å². The van der Waals surface area contributed by atoms with Gasteiger partial charge in [-0.3, -0.25) is 9.59 Å². The fraction of sp³-hybridized carbons (Fsp3) is 0.333. The first kappa shape index (κ1) is 18.8. The van der Waals surface area contributed by atoms with Gasteiger partial charge in [-0.1, -0.05) is 19.1 Å². The lowest BCUT2D eigenvalue weighted by Crippen LogP contribution is -2.28. The SMILES string of the molecule is CCc1cccc(N2C[C@H](C(=O)Nc3ccc(OC)c(OC)c3)CC2=O)c1. The van der Waals surface area contributed by atoms with Crippen LogP contribution in [0, 0.1) is 5.92 Å². The Morgan fingerprint density at radius 3 is 2.63 bits per heavy atom. The summed E-state index contributed by atoms with van der Waals surface area (Å²) in [6, 6.07) is 13.1. The van der Waals surface area contributed by atoms with Gasteiger partial charge >= 0.3 is 0 Å². The molecular formula is C21H24N2O4. The zero-order valence-corrected chi connectivity index (χ0v) is 15.8. The van der Waals surface area contributed by atoms with E-state index in [0.717, 1.165) is 12.1 Å². The van der Waals surface area contributed by atoms with E-state index in [1.54, 1.807) is 37.3 Å². The lowest BCUT2D eigenvalue weighted by molar-refractivity contribution is -0.122. The highest BCUT2D eigenvalue weighted by atomic mass is 16.5. The molecule has 1 fully saturated rings. The van der Waals surface area contributed by atoms with Gasteiger partial charge < -0.3 is 19.7 Å². The molecule has 2 aromatic carbocycles. The number of carbonyl (C=O) groups excluding carboxylic acids is 2. The highest BCUT2D eigenvalue weighted by Crippen LogP contribution is 2.31. The van der Waals surface area contributed by atoms with Crippen molar-refractivity contribution in [2.24, 2.45) is 5.92 Å². The Balaban J connectivity index is 1.70. The normalized spacial score (nSPS) is 16.3. The molecule has 6 nitrogen and oxygen atoms in total. The molecule has 0 saturated carbocycles. The second-order valence-corrected chi connectivity index (χ2v) is 6.49. The Hall–Kier alpha value is -3.02. The van der Waals surface area contributed by atoms with Crippen molar-refractivity contribution in [3.63, 3.8) is 0 Å². The van der Waals surface area contributed by atoms with Crippen LogP contribution in [0.15, 0.2) is 42.5 Å². The van der Waals surface area contributed by atoms with Gasteiger partial charge in [0.05, 0.1) is 20.1 Å². The smallest absolute Gasteiger partial charge is 0.229 e. The van der Waals surface area contributed by atoms with E-state index in [-0.39, 0.29) is 18.2 Å². The van der Waals surface area contributed by atoms with Crippen LogP contribution in [0.3, 0.4) is 0 Å². The Bertz CT molecular complexity index is 850. The molecule has 1 aliphatic heterocycles. The number of methoxy groups -OCH3 is 2. The predicted octanol–water partition coefficient (Wildman–Crippen LogP) is 3.26. The summed E-state index contributed by atoms with van der Waals surface area (Å²) in [5.41, 5.74) is 2.62. The number of hydrogen-bond donors (Lipinski definition) is 1. The molecule has 6 heteroatoms. The van der Waals surface area contributed by atoms with Crippen LogP contribution in [-0.2, 0) is 16.0 Å². The van der Waals surface area contributed by atoms with E-state index in [0.29, 0.717) is 23.7 Å². The maximum absolute atomic E-state index is 12.7. The van der Waals surface area contributed by atoms with Crippen LogP contribution >= 0.6 is 0 Å². The molecule has 1 aliphatic rings. The average Bonchev–Trinajstić information content (AvgIpc) is 3.09. The summed E-state index contributed by atoms with van der Waals surface area (Å²) in [4.78, 5) is 26.8. The second-order valence-electron chi connectivity index (χ2n) is 6.49. The van der Waals surface area contributed by atoms with E-state index in [4.69, 9.17) is 9.47 Å². The fourth-order valence-corrected chi connectivity index (χ4v) is 3.24. The molecule has 0 aliphatic carbocycles. The molecular weight excluding hydrogens is 344 g/mol. The Morgan fingerprint density at radius 1 is 1.15 bits per heavy atom. The molecule has 1 saturated heterocycles. The van der Waals surface area contributed by atoms with Crippen molar-refractivity contribution in [2.75, 3.05) is 31.0 Å². The quantitative estimate of drug-likeness (QED) is 0.850. The second kappa shape index (κ2) is 8.12. The van der Waals surface area contributed by atoms with Crippen LogP contribution in [0.4, 0.5) is 11.4 Å². The van der Waals surface area contributed by atoms with Gasteiger partial charge in [-0.05, 0) is 36.2 Å². The van der Waals surface area contributed by atoms with Crippen molar-refractivity contribution in [2.45, 2.75) is 19.8 Å². The Morgan fingerprint density at radius 2 is 1.93 bits per heavy atom. The van der Waals surface area contributed by atoms with Crippen molar-refractivity contribution in [1.29, 1.82) is 0 Å². The summed E-state index contributed by atoms with van der Waals surface area (Å²) in [7, 11) is 3.10. The number of aryl methyl sites for hydroxylation is 1. The summed E-state index contributed by atoms with van der Waals surface area (Å²) in [5, 5.41) is 2.87. The molecule has 2 amide bonds. The molecule has 1 heterocycles. The third kappa shape index (κ3) is 4.05. The number of anilines is 2. The number of ether oxygens (including phenoxy) is 2. The van der Waals surface area contributed by atoms with Crippen LogP contribution in [0.1, 0.15) is 18.9 Å². The molecule has 0 aromatic heterocycles. The predicted molar refractivity (Wildman–Crippen MR) is 104 cm³/mol. The molecule has 0 spiro atoms. The molecule has 1 N–H and O–H groups in total. The monoisotopic (exact) mass is 368 g/mol. The van der Waals surface area contributed by atoms with Gasteiger partial charge in [-0.2, -0.15) is 0 Å². The minimum absolute atomic E-state index is 0.0317. The molecule has 0 unspecified atom stereocenters. The van der Waals surface area contributed by atoms with Crippen molar-refractivity contribution < 1.29 is 19.1 Å². The fourth-order valence-electron chi connectivity index (χ4n) is 3.24.